The number of pyridine rings is 1. The first-order valence-electron chi connectivity index (χ1n) is 11.3. The Labute approximate surface area is 211 Å². The zero-order chi connectivity index (χ0) is 26.1. The number of piperazine rings is 1. The molecule has 0 aliphatic carbocycles. The maximum Gasteiger partial charge on any atom is 0.274 e. The van der Waals surface area contributed by atoms with E-state index in [2.05, 4.69) is 4.98 Å². The molecule has 1 N–H and O–H groups in total. The Hall–Kier alpha value is -3.12. The second kappa shape index (κ2) is 10.1. The van der Waals surface area contributed by atoms with E-state index in [9.17, 15) is 21.6 Å². The lowest BCUT2D eigenvalue weighted by atomic mass is 9.97. The number of amides is 1. The molecule has 0 radical (unpaired) electrons. The normalized spacial score (nSPS) is 17.2. The van der Waals surface area contributed by atoms with E-state index in [4.69, 9.17) is 4.55 Å². The summed E-state index contributed by atoms with van der Waals surface area (Å²) in [5.41, 5.74) is 4.01. The Bertz CT molecular complexity index is 1510. The fraction of sp³-hybridized carbons (Fsp3) is 0.280. The van der Waals surface area contributed by atoms with Gasteiger partial charge in [-0.3, -0.25) is 14.3 Å². The topological polar surface area (TPSA) is 125 Å². The Morgan fingerprint density at radius 1 is 1.00 bits per heavy atom. The first-order chi connectivity index (χ1) is 17.0. The lowest BCUT2D eigenvalue weighted by molar-refractivity contribution is -0.130. The van der Waals surface area contributed by atoms with Gasteiger partial charge in [-0.2, -0.15) is 12.7 Å². The first kappa shape index (κ1) is 26.0. The van der Waals surface area contributed by atoms with E-state index in [1.54, 1.807) is 49.6 Å². The van der Waals surface area contributed by atoms with E-state index in [1.165, 1.54) is 9.21 Å². The molecule has 36 heavy (non-hydrogen) atoms. The molecule has 4 rings (SSSR count). The molecule has 1 unspecified atom stereocenters. The van der Waals surface area contributed by atoms with Crippen LogP contribution in [0.3, 0.4) is 0 Å². The molecule has 1 saturated heterocycles. The van der Waals surface area contributed by atoms with Crippen LogP contribution in [0.4, 0.5) is 0 Å². The average Bonchev–Trinajstić information content (AvgIpc) is 2.83. The number of hydrogen-bond donors (Lipinski definition) is 1. The van der Waals surface area contributed by atoms with Gasteiger partial charge in [0.05, 0.1) is 10.9 Å². The summed E-state index contributed by atoms with van der Waals surface area (Å²) in [7, 11) is -8.46. The van der Waals surface area contributed by atoms with Gasteiger partial charge in [-0.05, 0) is 59.9 Å². The molecule has 2 heterocycles. The molecule has 3 aromatic rings. The molecule has 0 spiro atoms. The van der Waals surface area contributed by atoms with Crippen molar-refractivity contribution in [1.29, 1.82) is 0 Å². The number of sulfonamides is 1. The third-order valence-corrected chi connectivity index (χ3v) is 8.95. The van der Waals surface area contributed by atoms with E-state index >= 15 is 0 Å². The molecule has 1 aliphatic heterocycles. The minimum Gasteiger partial charge on any atom is -0.338 e. The van der Waals surface area contributed by atoms with Gasteiger partial charge in [0.1, 0.15) is 0 Å². The van der Waals surface area contributed by atoms with Gasteiger partial charge < -0.3 is 4.90 Å². The highest BCUT2D eigenvalue weighted by Crippen LogP contribution is 2.34. The lowest BCUT2D eigenvalue weighted by Gasteiger charge is -2.41. The van der Waals surface area contributed by atoms with Crippen molar-refractivity contribution >= 4 is 26.0 Å². The quantitative estimate of drug-likeness (QED) is 0.487. The van der Waals surface area contributed by atoms with Crippen LogP contribution in [0.15, 0.2) is 71.9 Å². The molecule has 1 atom stereocenters. The summed E-state index contributed by atoms with van der Waals surface area (Å²) >= 11 is 0. The summed E-state index contributed by atoms with van der Waals surface area (Å²) in [5.74, 6) is -1.84. The molecule has 0 saturated carbocycles. The van der Waals surface area contributed by atoms with E-state index in [0.29, 0.717) is 11.1 Å². The van der Waals surface area contributed by atoms with Gasteiger partial charge in [0, 0.05) is 32.0 Å². The SMILES string of the molecule is Cc1cnccc1-c1cccc(C2CN(C(=O)CS(=O)(=O)O)CCN2S(=O)(=O)c2ccccc2C)c1. The standard InChI is InChI=1S/C25H27N3O6S2/c1-18-6-3-4-9-24(18)36(33,34)28-13-12-27(25(29)17-35(30,31)32)16-23(28)21-8-5-7-20(14-21)22-10-11-26-15-19(22)2/h3-11,14-15,23H,12-13,16-17H2,1-2H3,(H,30,31,32). The predicted octanol–water partition coefficient (Wildman–Crippen LogP) is 2.83. The molecule has 1 aromatic heterocycles. The van der Waals surface area contributed by atoms with Gasteiger partial charge in [0.2, 0.25) is 15.9 Å². The van der Waals surface area contributed by atoms with Crippen LogP contribution in [0.5, 0.6) is 0 Å². The van der Waals surface area contributed by atoms with Gasteiger partial charge in [0.25, 0.3) is 10.1 Å². The molecular weight excluding hydrogens is 502 g/mol. The third-order valence-electron chi connectivity index (χ3n) is 6.27. The van der Waals surface area contributed by atoms with Gasteiger partial charge in [0.15, 0.2) is 5.75 Å². The number of nitrogens with zero attached hydrogens (tertiary/aromatic N) is 3. The number of rotatable bonds is 6. The minimum atomic E-state index is -4.52. The van der Waals surface area contributed by atoms with Crippen LogP contribution >= 0.6 is 0 Å². The zero-order valence-corrected chi connectivity index (χ0v) is 21.5. The Kier molecular flexibility index (Phi) is 7.28. The van der Waals surface area contributed by atoms with Crippen molar-refractivity contribution in [2.24, 2.45) is 0 Å². The largest absolute Gasteiger partial charge is 0.338 e. The molecule has 11 heteroatoms. The monoisotopic (exact) mass is 529 g/mol. The summed E-state index contributed by atoms with van der Waals surface area (Å²) < 4.78 is 60.7. The van der Waals surface area contributed by atoms with Gasteiger partial charge >= 0.3 is 0 Å². The van der Waals surface area contributed by atoms with Crippen molar-refractivity contribution in [3.8, 4) is 11.1 Å². The van der Waals surface area contributed by atoms with E-state index in [0.717, 1.165) is 16.7 Å². The molecule has 2 aromatic carbocycles. The van der Waals surface area contributed by atoms with Crippen LogP contribution in [0, 0.1) is 13.8 Å². The Morgan fingerprint density at radius 2 is 1.75 bits per heavy atom. The smallest absolute Gasteiger partial charge is 0.274 e. The number of benzene rings is 2. The number of carbonyl (C=O) groups excluding carboxylic acids is 1. The van der Waals surface area contributed by atoms with Crippen molar-refractivity contribution in [3.05, 3.63) is 83.7 Å². The third kappa shape index (κ3) is 5.49. The van der Waals surface area contributed by atoms with Crippen molar-refractivity contribution < 1.29 is 26.2 Å². The molecule has 1 aliphatic rings. The molecule has 1 fully saturated rings. The predicted molar refractivity (Wildman–Crippen MR) is 135 cm³/mol. The molecule has 9 nitrogen and oxygen atoms in total. The van der Waals surface area contributed by atoms with Crippen molar-refractivity contribution in [2.75, 3.05) is 25.4 Å². The second-order valence-corrected chi connectivity index (χ2v) is 12.1. The number of aromatic nitrogens is 1. The molecular formula is C25H27N3O6S2. The van der Waals surface area contributed by atoms with Gasteiger partial charge in [-0.1, -0.05) is 36.4 Å². The second-order valence-electron chi connectivity index (χ2n) is 8.78. The average molecular weight is 530 g/mol. The summed E-state index contributed by atoms with van der Waals surface area (Å²) in [6, 6.07) is 15.2. The fourth-order valence-electron chi connectivity index (χ4n) is 4.48. The van der Waals surface area contributed by atoms with E-state index in [-0.39, 0.29) is 24.5 Å². The Balaban J connectivity index is 1.78. The molecule has 190 valence electrons. The van der Waals surface area contributed by atoms with Gasteiger partial charge in [-0.25, -0.2) is 8.42 Å². The highest BCUT2D eigenvalue weighted by molar-refractivity contribution is 7.89. The summed E-state index contributed by atoms with van der Waals surface area (Å²) in [6.07, 6.45) is 3.42. The fourth-order valence-corrected chi connectivity index (χ4v) is 6.80. The van der Waals surface area contributed by atoms with Crippen molar-refractivity contribution in [1.82, 2.24) is 14.2 Å². The minimum absolute atomic E-state index is 0.000875. The summed E-state index contributed by atoms with van der Waals surface area (Å²) in [5, 5.41) is 0. The highest BCUT2D eigenvalue weighted by atomic mass is 32.2. The van der Waals surface area contributed by atoms with E-state index in [1.807, 2.05) is 31.2 Å². The van der Waals surface area contributed by atoms with Crippen LogP contribution in [0.1, 0.15) is 22.7 Å². The summed E-state index contributed by atoms with van der Waals surface area (Å²) in [4.78, 5) is 18.2. The number of hydrogen-bond acceptors (Lipinski definition) is 6. The van der Waals surface area contributed by atoms with Crippen LogP contribution in [0.25, 0.3) is 11.1 Å². The van der Waals surface area contributed by atoms with E-state index < -0.39 is 37.8 Å². The lowest BCUT2D eigenvalue weighted by Crippen LogP contribution is -2.53. The summed E-state index contributed by atoms with van der Waals surface area (Å²) in [6.45, 7) is 3.56. The van der Waals surface area contributed by atoms with Crippen molar-refractivity contribution in [3.63, 3.8) is 0 Å². The van der Waals surface area contributed by atoms with Crippen LogP contribution in [-0.2, 0) is 24.9 Å². The van der Waals surface area contributed by atoms with Crippen LogP contribution in [-0.4, -0.2) is 66.9 Å². The van der Waals surface area contributed by atoms with Crippen molar-refractivity contribution in [2.45, 2.75) is 24.8 Å². The van der Waals surface area contributed by atoms with Gasteiger partial charge in [-0.15, -0.1) is 0 Å². The Morgan fingerprint density at radius 3 is 2.44 bits per heavy atom. The molecule has 1 amide bonds. The zero-order valence-electron chi connectivity index (χ0n) is 19.9. The first-order valence-corrected chi connectivity index (χ1v) is 14.3. The maximum absolute atomic E-state index is 13.8. The van der Waals surface area contributed by atoms with Crippen LogP contribution in [0.2, 0.25) is 0 Å². The number of carbonyl (C=O) groups is 1. The maximum atomic E-state index is 13.8. The van der Waals surface area contributed by atoms with Crippen LogP contribution < -0.4 is 0 Å². The molecule has 0 bridgehead atoms. The highest BCUT2D eigenvalue weighted by Gasteiger charge is 2.39. The number of aryl methyl sites for hydroxylation is 2.